The Balaban J connectivity index is 2.43. The number of aryl methyl sites for hydroxylation is 1. The fraction of sp³-hybridized carbons (Fsp3) is 0.562. The number of nitrogens with one attached hydrogen (secondary N) is 1. The average molecular weight is 261 g/mol. The van der Waals surface area contributed by atoms with Gasteiger partial charge in [-0.05, 0) is 50.0 Å². The van der Waals surface area contributed by atoms with Gasteiger partial charge in [-0.3, -0.25) is 4.79 Å². The molecule has 0 radical (unpaired) electrons. The summed E-state index contributed by atoms with van der Waals surface area (Å²) in [6, 6.07) is 6.17. The van der Waals surface area contributed by atoms with Gasteiger partial charge in [-0.1, -0.05) is 19.1 Å². The Bertz CT molecular complexity index is 462. The van der Waals surface area contributed by atoms with Crippen molar-refractivity contribution in [1.82, 2.24) is 5.32 Å². The number of ketones is 1. The lowest BCUT2D eigenvalue weighted by Gasteiger charge is -2.37. The topological polar surface area (TPSA) is 38.3 Å². The van der Waals surface area contributed by atoms with E-state index in [4.69, 9.17) is 4.74 Å². The number of carbonyl (C=O) groups is 1. The van der Waals surface area contributed by atoms with Crippen molar-refractivity contribution in [1.29, 1.82) is 0 Å². The summed E-state index contributed by atoms with van der Waals surface area (Å²) in [7, 11) is 1.68. The van der Waals surface area contributed by atoms with Gasteiger partial charge in [-0.25, -0.2) is 0 Å². The summed E-state index contributed by atoms with van der Waals surface area (Å²) in [6.07, 6.45) is 2.39. The summed E-state index contributed by atoms with van der Waals surface area (Å²) >= 11 is 0. The maximum atomic E-state index is 12.5. The molecule has 0 saturated carbocycles. The van der Waals surface area contributed by atoms with Crippen molar-refractivity contribution in [2.24, 2.45) is 0 Å². The highest BCUT2D eigenvalue weighted by Crippen LogP contribution is 2.37. The third-order valence-corrected chi connectivity index (χ3v) is 4.26. The van der Waals surface area contributed by atoms with Crippen LogP contribution in [-0.2, 0) is 10.2 Å². The van der Waals surface area contributed by atoms with Crippen molar-refractivity contribution in [3.8, 4) is 5.75 Å². The predicted molar refractivity (Wildman–Crippen MR) is 76.8 cm³/mol. The van der Waals surface area contributed by atoms with Gasteiger partial charge in [0.25, 0.3) is 0 Å². The Kier molecular flexibility index (Phi) is 4.25. The second-order valence-corrected chi connectivity index (χ2v) is 5.29. The van der Waals surface area contributed by atoms with Gasteiger partial charge in [0, 0.05) is 6.42 Å². The maximum absolute atomic E-state index is 12.5. The second kappa shape index (κ2) is 5.74. The summed E-state index contributed by atoms with van der Waals surface area (Å²) in [5, 5.41) is 3.35. The number of hydrogen-bond acceptors (Lipinski definition) is 3. The van der Waals surface area contributed by atoms with Crippen LogP contribution in [0.3, 0.4) is 0 Å². The van der Waals surface area contributed by atoms with Gasteiger partial charge >= 0.3 is 0 Å². The van der Waals surface area contributed by atoms with Gasteiger partial charge in [0.15, 0.2) is 0 Å². The molecular formula is C16H23NO2. The molecule has 0 amide bonds. The summed E-state index contributed by atoms with van der Waals surface area (Å²) in [6.45, 7) is 5.82. The van der Waals surface area contributed by atoms with Gasteiger partial charge in [-0.2, -0.15) is 0 Å². The molecular weight excluding hydrogens is 238 g/mol. The first-order chi connectivity index (χ1) is 9.14. The number of carbonyl (C=O) groups excluding carboxylic acids is 1. The molecule has 1 saturated heterocycles. The zero-order valence-electron chi connectivity index (χ0n) is 12.1. The standard InChI is InChI=1S/C16H23NO2/c1-4-15(18)16(7-9-17-10-8-16)13-5-6-14(19-3)12(2)11-13/h5-6,11,17H,4,7-10H2,1-3H3. The van der Waals surface area contributed by atoms with Crippen molar-refractivity contribution < 1.29 is 9.53 Å². The van der Waals surface area contributed by atoms with Crippen molar-refractivity contribution in [2.75, 3.05) is 20.2 Å². The highest BCUT2D eigenvalue weighted by Gasteiger charge is 2.39. The van der Waals surface area contributed by atoms with Crippen LogP contribution >= 0.6 is 0 Å². The quantitative estimate of drug-likeness (QED) is 0.905. The third-order valence-electron chi connectivity index (χ3n) is 4.26. The van der Waals surface area contributed by atoms with Crippen LogP contribution in [0.5, 0.6) is 5.75 Å². The highest BCUT2D eigenvalue weighted by atomic mass is 16.5. The molecule has 0 spiro atoms. The number of methoxy groups -OCH3 is 1. The molecule has 2 rings (SSSR count). The first-order valence-electron chi connectivity index (χ1n) is 7.03. The Morgan fingerprint density at radius 1 is 1.37 bits per heavy atom. The molecule has 0 aliphatic carbocycles. The molecule has 19 heavy (non-hydrogen) atoms. The molecule has 1 aliphatic rings. The average Bonchev–Trinajstić information content (AvgIpc) is 2.47. The minimum atomic E-state index is -0.295. The lowest BCUT2D eigenvalue weighted by molar-refractivity contribution is -0.125. The molecule has 3 heteroatoms. The van der Waals surface area contributed by atoms with Crippen LogP contribution in [0.4, 0.5) is 0 Å². The van der Waals surface area contributed by atoms with E-state index >= 15 is 0 Å². The van der Waals surface area contributed by atoms with E-state index in [1.807, 2.05) is 19.9 Å². The Morgan fingerprint density at radius 3 is 2.58 bits per heavy atom. The van der Waals surface area contributed by atoms with Crippen molar-refractivity contribution in [3.05, 3.63) is 29.3 Å². The largest absolute Gasteiger partial charge is 0.496 e. The van der Waals surface area contributed by atoms with E-state index in [0.29, 0.717) is 12.2 Å². The van der Waals surface area contributed by atoms with Crippen LogP contribution in [0.2, 0.25) is 0 Å². The van der Waals surface area contributed by atoms with Gasteiger partial charge in [0.05, 0.1) is 12.5 Å². The number of rotatable bonds is 4. The van der Waals surface area contributed by atoms with E-state index in [-0.39, 0.29) is 5.41 Å². The van der Waals surface area contributed by atoms with Crippen LogP contribution in [0.25, 0.3) is 0 Å². The number of piperidine rings is 1. The van der Waals surface area contributed by atoms with Crippen LogP contribution in [0.15, 0.2) is 18.2 Å². The molecule has 1 aromatic rings. The molecule has 1 N–H and O–H groups in total. The van der Waals surface area contributed by atoms with E-state index in [9.17, 15) is 4.79 Å². The van der Waals surface area contributed by atoms with E-state index in [0.717, 1.165) is 42.8 Å². The smallest absolute Gasteiger partial charge is 0.143 e. The van der Waals surface area contributed by atoms with E-state index in [1.165, 1.54) is 0 Å². The number of ether oxygens (including phenoxy) is 1. The van der Waals surface area contributed by atoms with Crippen LogP contribution in [0.1, 0.15) is 37.3 Å². The van der Waals surface area contributed by atoms with Gasteiger partial charge in [0.1, 0.15) is 11.5 Å². The third kappa shape index (κ3) is 2.52. The predicted octanol–water partition coefficient (Wildman–Crippen LogP) is 2.60. The number of Topliss-reactive ketones (excluding diaryl/α,β-unsaturated/α-hetero) is 1. The van der Waals surface area contributed by atoms with E-state index < -0.39 is 0 Å². The Labute approximate surface area is 115 Å². The maximum Gasteiger partial charge on any atom is 0.143 e. The molecule has 1 aliphatic heterocycles. The molecule has 3 nitrogen and oxygen atoms in total. The highest BCUT2D eigenvalue weighted by molar-refractivity contribution is 5.90. The molecule has 1 aromatic carbocycles. The Hall–Kier alpha value is -1.35. The fourth-order valence-electron chi connectivity index (χ4n) is 3.10. The minimum absolute atomic E-state index is 0.295. The van der Waals surface area contributed by atoms with E-state index in [2.05, 4.69) is 17.4 Å². The zero-order valence-corrected chi connectivity index (χ0v) is 12.1. The number of hydrogen-bond donors (Lipinski definition) is 1. The Morgan fingerprint density at radius 2 is 2.05 bits per heavy atom. The van der Waals surface area contributed by atoms with E-state index in [1.54, 1.807) is 7.11 Å². The summed E-state index contributed by atoms with van der Waals surface area (Å²) in [4.78, 5) is 12.5. The lowest BCUT2D eigenvalue weighted by Crippen LogP contribution is -2.45. The van der Waals surface area contributed by atoms with Crippen LogP contribution in [-0.4, -0.2) is 26.0 Å². The fourth-order valence-corrected chi connectivity index (χ4v) is 3.10. The van der Waals surface area contributed by atoms with Crippen LogP contribution < -0.4 is 10.1 Å². The lowest BCUT2D eigenvalue weighted by atomic mass is 9.69. The van der Waals surface area contributed by atoms with Gasteiger partial charge in [0.2, 0.25) is 0 Å². The molecule has 0 aromatic heterocycles. The molecule has 104 valence electrons. The van der Waals surface area contributed by atoms with Gasteiger partial charge < -0.3 is 10.1 Å². The second-order valence-electron chi connectivity index (χ2n) is 5.29. The summed E-state index contributed by atoms with van der Waals surface area (Å²) < 4.78 is 5.31. The van der Waals surface area contributed by atoms with Gasteiger partial charge in [-0.15, -0.1) is 0 Å². The van der Waals surface area contributed by atoms with Crippen molar-refractivity contribution >= 4 is 5.78 Å². The normalized spacial score (nSPS) is 18.1. The summed E-state index contributed by atoms with van der Waals surface area (Å²) in [5.74, 6) is 1.25. The SMILES string of the molecule is CCC(=O)C1(c2ccc(OC)c(C)c2)CCNCC1. The van der Waals surface area contributed by atoms with Crippen LogP contribution in [0, 0.1) is 6.92 Å². The molecule has 0 bridgehead atoms. The first-order valence-corrected chi connectivity index (χ1v) is 7.03. The number of benzene rings is 1. The minimum Gasteiger partial charge on any atom is -0.496 e. The molecule has 1 fully saturated rings. The first kappa shape index (κ1) is 14.1. The monoisotopic (exact) mass is 261 g/mol. The van der Waals surface area contributed by atoms with Crippen molar-refractivity contribution in [3.63, 3.8) is 0 Å². The molecule has 0 unspecified atom stereocenters. The molecule has 0 atom stereocenters. The zero-order chi connectivity index (χ0) is 13.9. The van der Waals surface area contributed by atoms with Crippen molar-refractivity contribution in [2.45, 2.75) is 38.5 Å². The molecule has 1 heterocycles. The summed E-state index contributed by atoms with van der Waals surface area (Å²) in [5.41, 5.74) is 1.96.